The molecule has 0 spiro atoms. The molecule has 0 N–H and O–H groups in total. The van der Waals surface area contributed by atoms with Gasteiger partial charge in [-0.05, 0) is 30.9 Å². The van der Waals surface area contributed by atoms with E-state index in [1.54, 1.807) is 6.20 Å². The van der Waals surface area contributed by atoms with Gasteiger partial charge in [-0.2, -0.15) is 0 Å². The van der Waals surface area contributed by atoms with Crippen LogP contribution in [0.3, 0.4) is 0 Å². The van der Waals surface area contributed by atoms with Crippen molar-refractivity contribution in [2.75, 3.05) is 11.9 Å². The van der Waals surface area contributed by atoms with Crippen molar-refractivity contribution in [3.05, 3.63) is 59.9 Å². The zero-order valence-corrected chi connectivity index (χ0v) is 15.6. The Labute approximate surface area is 153 Å². The van der Waals surface area contributed by atoms with Gasteiger partial charge in [-0.1, -0.05) is 36.4 Å². The van der Waals surface area contributed by atoms with Gasteiger partial charge in [-0.3, -0.25) is 4.57 Å². The van der Waals surface area contributed by atoms with Gasteiger partial charge in [0.25, 0.3) is 0 Å². The molecule has 0 saturated carbocycles. The van der Waals surface area contributed by atoms with E-state index in [9.17, 15) is 0 Å². The number of likely N-dealkylation sites (N-methyl/N-ethyl adjacent to an activating group) is 1. The number of nitrogens with zero attached hydrogens (tertiary/aromatic N) is 6. The predicted molar refractivity (Wildman–Crippen MR) is 103 cm³/mol. The summed E-state index contributed by atoms with van der Waals surface area (Å²) < 4.78 is 4.09. The molecule has 4 rings (SSSR count). The van der Waals surface area contributed by atoms with Gasteiger partial charge in [0, 0.05) is 39.1 Å². The minimum atomic E-state index is 0.384. The molecule has 0 atom stereocenters. The summed E-state index contributed by atoms with van der Waals surface area (Å²) in [7, 11) is 4.08. The van der Waals surface area contributed by atoms with E-state index in [1.165, 1.54) is 11.1 Å². The van der Waals surface area contributed by atoms with Crippen LogP contribution in [-0.4, -0.2) is 37.4 Å². The smallest absolute Gasteiger partial charge is 0.227 e. The van der Waals surface area contributed by atoms with Crippen molar-refractivity contribution >= 4 is 5.95 Å². The van der Waals surface area contributed by atoms with Crippen molar-refractivity contribution in [2.24, 2.45) is 7.05 Å². The number of allylic oxidation sites excluding steroid dienone is 1. The fourth-order valence-electron chi connectivity index (χ4n) is 3.69. The third-order valence-corrected chi connectivity index (χ3v) is 5.07. The first kappa shape index (κ1) is 16.6. The summed E-state index contributed by atoms with van der Waals surface area (Å²) in [6.07, 6.45) is 5.77. The van der Waals surface area contributed by atoms with E-state index in [4.69, 9.17) is 0 Å². The number of benzene rings is 1. The van der Waals surface area contributed by atoms with Crippen molar-refractivity contribution in [3.63, 3.8) is 0 Å². The van der Waals surface area contributed by atoms with Crippen LogP contribution in [0.2, 0.25) is 0 Å². The Morgan fingerprint density at radius 1 is 1.19 bits per heavy atom. The van der Waals surface area contributed by atoms with Crippen LogP contribution in [0.1, 0.15) is 18.1 Å². The zero-order valence-electron chi connectivity index (χ0n) is 15.6. The third kappa shape index (κ3) is 2.81. The van der Waals surface area contributed by atoms with Gasteiger partial charge in [-0.25, -0.2) is 4.98 Å². The first-order chi connectivity index (χ1) is 12.5. The number of aryl methyl sites for hydroxylation is 1. The van der Waals surface area contributed by atoms with Crippen LogP contribution < -0.4 is 4.90 Å². The molecule has 0 saturated heterocycles. The molecule has 2 heterocycles. The van der Waals surface area contributed by atoms with Crippen molar-refractivity contribution in [2.45, 2.75) is 32.4 Å². The second-order valence-electron chi connectivity index (χ2n) is 7.17. The molecule has 1 aliphatic carbocycles. The van der Waals surface area contributed by atoms with E-state index in [2.05, 4.69) is 62.5 Å². The summed E-state index contributed by atoms with van der Waals surface area (Å²) in [4.78, 5) is 6.70. The minimum Gasteiger partial charge on any atom is -0.340 e. The normalized spacial score (nSPS) is 13.8. The fraction of sp³-hybridized carbons (Fsp3) is 0.350. The number of aromatic nitrogens is 5. The fourth-order valence-corrected chi connectivity index (χ4v) is 3.69. The maximum atomic E-state index is 4.52. The highest BCUT2D eigenvalue weighted by molar-refractivity contribution is 5.51. The molecule has 134 valence electrons. The lowest BCUT2D eigenvalue weighted by atomic mass is 10.1. The number of hydrogen-bond donors (Lipinski definition) is 0. The SMILES string of the molecule is C=C(C)Cn1c(-c2nccn2C)nnc1N(C)C1Cc2ccccc2C1. The standard InChI is InChI=1S/C20H24N6/c1-14(2)13-26-19(18-21-9-10-24(18)3)22-23-20(26)25(4)17-11-15-7-5-6-8-16(15)12-17/h5-10,17H,1,11-13H2,2-4H3. The topological polar surface area (TPSA) is 51.8 Å². The first-order valence-electron chi connectivity index (χ1n) is 8.89. The molecule has 0 aliphatic heterocycles. The van der Waals surface area contributed by atoms with Crippen LogP contribution in [0.25, 0.3) is 11.6 Å². The van der Waals surface area contributed by atoms with Crippen LogP contribution in [0, 0.1) is 0 Å². The van der Waals surface area contributed by atoms with Gasteiger partial charge >= 0.3 is 0 Å². The third-order valence-electron chi connectivity index (χ3n) is 5.07. The molecular formula is C20H24N6. The molecule has 2 aromatic heterocycles. The minimum absolute atomic E-state index is 0.384. The highest BCUT2D eigenvalue weighted by Crippen LogP contribution is 2.29. The highest BCUT2D eigenvalue weighted by Gasteiger charge is 2.28. The maximum absolute atomic E-state index is 4.52. The average molecular weight is 348 g/mol. The van der Waals surface area contributed by atoms with Crippen LogP contribution in [0.15, 0.2) is 48.8 Å². The van der Waals surface area contributed by atoms with Crippen molar-refractivity contribution < 1.29 is 0 Å². The second kappa shape index (κ2) is 6.44. The maximum Gasteiger partial charge on any atom is 0.227 e. The molecule has 0 radical (unpaired) electrons. The Balaban J connectivity index is 1.69. The van der Waals surface area contributed by atoms with E-state index in [-0.39, 0.29) is 0 Å². The van der Waals surface area contributed by atoms with E-state index in [1.807, 2.05) is 24.7 Å². The predicted octanol–water partition coefficient (Wildman–Crippen LogP) is 2.86. The Kier molecular flexibility index (Phi) is 4.11. The van der Waals surface area contributed by atoms with Crippen molar-refractivity contribution in [1.29, 1.82) is 0 Å². The summed E-state index contributed by atoms with van der Waals surface area (Å²) in [5.41, 5.74) is 3.92. The molecule has 0 bridgehead atoms. The van der Waals surface area contributed by atoms with Crippen LogP contribution >= 0.6 is 0 Å². The Bertz CT molecular complexity index is 926. The van der Waals surface area contributed by atoms with Gasteiger partial charge < -0.3 is 9.47 Å². The molecule has 1 aromatic carbocycles. The van der Waals surface area contributed by atoms with E-state index >= 15 is 0 Å². The summed E-state index contributed by atoms with van der Waals surface area (Å²) in [5.74, 6) is 2.45. The lowest BCUT2D eigenvalue weighted by molar-refractivity contribution is 0.628. The summed E-state index contributed by atoms with van der Waals surface area (Å²) in [5, 5.41) is 8.98. The summed E-state index contributed by atoms with van der Waals surface area (Å²) >= 11 is 0. The van der Waals surface area contributed by atoms with Crippen LogP contribution in [0.4, 0.5) is 5.95 Å². The number of hydrogen-bond acceptors (Lipinski definition) is 4. The molecule has 1 aliphatic rings. The first-order valence-corrected chi connectivity index (χ1v) is 8.89. The quantitative estimate of drug-likeness (QED) is 0.665. The van der Waals surface area contributed by atoms with E-state index in [0.717, 1.165) is 36.0 Å². The highest BCUT2D eigenvalue weighted by atomic mass is 15.4. The Morgan fingerprint density at radius 3 is 2.46 bits per heavy atom. The monoisotopic (exact) mass is 348 g/mol. The number of rotatable bonds is 5. The molecule has 6 nitrogen and oxygen atoms in total. The molecule has 0 fully saturated rings. The lowest BCUT2D eigenvalue weighted by Gasteiger charge is -2.26. The van der Waals surface area contributed by atoms with Crippen molar-refractivity contribution in [3.8, 4) is 11.6 Å². The largest absolute Gasteiger partial charge is 0.340 e. The summed E-state index contributed by atoms with van der Waals surface area (Å²) in [6.45, 7) is 6.78. The van der Waals surface area contributed by atoms with Crippen molar-refractivity contribution in [1.82, 2.24) is 24.3 Å². The molecule has 3 aromatic rings. The molecular weight excluding hydrogens is 324 g/mol. The Morgan fingerprint density at radius 2 is 1.88 bits per heavy atom. The molecule has 0 amide bonds. The van der Waals surface area contributed by atoms with Crippen LogP contribution in [0.5, 0.6) is 0 Å². The van der Waals surface area contributed by atoms with Gasteiger partial charge in [0.15, 0.2) is 5.82 Å². The molecule has 6 heteroatoms. The van der Waals surface area contributed by atoms with Gasteiger partial charge in [0.05, 0.1) is 0 Å². The van der Waals surface area contributed by atoms with Gasteiger partial charge in [0.2, 0.25) is 11.8 Å². The number of imidazole rings is 1. The molecule has 26 heavy (non-hydrogen) atoms. The zero-order chi connectivity index (χ0) is 18.3. The van der Waals surface area contributed by atoms with Gasteiger partial charge in [0.1, 0.15) is 0 Å². The molecule has 0 unspecified atom stereocenters. The van der Waals surface area contributed by atoms with E-state index < -0.39 is 0 Å². The van der Waals surface area contributed by atoms with Gasteiger partial charge in [-0.15, -0.1) is 10.2 Å². The number of anilines is 1. The average Bonchev–Trinajstić information content (AvgIpc) is 3.31. The second-order valence-corrected chi connectivity index (χ2v) is 7.17. The lowest BCUT2D eigenvalue weighted by Crippen LogP contribution is -2.34. The summed E-state index contributed by atoms with van der Waals surface area (Å²) in [6, 6.07) is 9.06. The van der Waals surface area contributed by atoms with Crippen LogP contribution in [-0.2, 0) is 26.4 Å². The number of fused-ring (bicyclic) bond motifs is 1. The Hall–Kier alpha value is -2.89. The van der Waals surface area contributed by atoms with E-state index in [0.29, 0.717) is 12.6 Å².